The standard InChI is InChI=1S/C15H28N4/c1-11(2)19-13(4)15(12(3)17-19)16-10-14-8-6-7-9-18(14)5/h11,14,16H,6-10H2,1-5H3. The molecule has 1 atom stereocenters. The van der Waals surface area contributed by atoms with Gasteiger partial charge < -0.3 is 10.2 Å². The van der Waals surface area contributed by atoms with Crippen LogP contribution in [-0.2, 0) is 0 Å². The average molecular weight is 264 g/mol. The van der Waals surface area contributed by atoms with Gasteiger partial charge in [-0.2, -0.15) is 5.10 Å². The molecule has 4 nitrogen and oxygen atoms in total. The number of likely N-dealkylation sites (tertiary alicyclic amines) is 1. The van der Waals surface area contributed by atoms with Crippen LogP contribution in [0.2, 0.25) is 0 Å². The van der Waals surface area contributed by atoms with Gasteiger partial charge in [-0.25, -0.2) is 0 Å². The molecule has 0 saturated carbocycles. The molecule has 0 bridgehead atoms. The highest BCUT2D eigenvalue weighted by molar-refractivity contribution is 5.52. The van der Waals surface area contributed by atoms with Crippen molar-refractivity contribution >= 4 is 5.69 Å². The Kier molecular flexibility index (Phi) is 4.50. The average Bonchev–Trinajstić information content (AvgIpc) is 2.65. The summed E-state index contributed by atoms with van der Waals surface area (Å²) in [6, 6.07) is 1.08. The number of rotatable bonds is 4. The van der Waals surface area contributed by atoms with Crippen LogP contribution in [0, 0.1) is 13.8 Å². The van der Waals surface area contributed by atoms with Crippen LogP contribution in [-0.4, -0.2) is 40.9 Å². The summed E-state index contributed by atoms with van der Waals surface area (Å²) in [5.41, 5.74) is 3.60. The maximum absolute atomic E-state index is 4.63. The van der Waals surface area contributed by atoms with Gasteiger partial charge in [0, 0.05) is 18.6 Å². The summed E-state index contributed by atoms with van der Waals surface area (Å²) >= 11 is 0. The first-order chi connectivity index (χ1) is 9.00. The minimum atomic E-state index is 0.423. The number of nitrogens with zero attached hydrogens (tertiary/aromatic N) is 3. The van der Waals surface area contributed by atoms with E-state index in [1.807, 2.05) is 0 Å². The van der Waals surface area contributed by atoms with Crippen molar-refractivity contribution in [1.29, 1.82) is 0 Å². The summed E-state index contributed by atoms with van der Waals surface area (Å²) in [5, 5.41) is 8.26. The molecule has 1 fully saturated rings. The molecule has 2 heterocycles. The fraction of sp³-hybridized carbons (Fsp3) is 0.800. The Morgan fingerprint density at radius 1 is 1.32 bits per heavy atom. The Labute approximate surface area is 117 Å². The summed E-state index contributed by atoms with van der Waals surface area (Å²) in [4.78, 5) is 2.48. The lowest BCUT2D eigenvalue weighted by Gasteiger charge is -2.32. The van der Waals surface area contributed by atoms with Gasteiger partial charge in [0.2, 0.25) is 0 Å². The molecule has 1 aromatic rings. The van der Waals surface area contributed by atoms with E-state index in [-0.39, 0.29) is 0 Å². The van der Waals surface area contributed by atoms with Crippen LogP contribution >= 0.6 is 0 Å². The van der Waals surface area contributed by atoms with Crippen molar-refractivity contribution in [3.8, 4) is 0 Å². The summed E-state index contributed by atoms with van der Waals surface area (Å²) in [6.07, 6.45) is 4.01. The Hall–Kier alpha value is -1.03. The van der Waals surface area contributed by atoms with Gasteiger partial charge in [-0.3, -0.25) is 4.68 Å². The largest absolute Gasteiger partial charge is 0.380 e. The monoisotopic (exact) mass is 264 g/mol. The number of aromatic nitrogens is 2. The van der Waals surface area contributed by atoms with E-state index in [4.69, 9.17) is 0 Å². The minimum absolute atomic E-state index is 0.423. The highest BCUT2D eigenvalue weighted by Crippen LogP contribution is 2.23. The predicted octanol–water partition coefficient (Wildman–Crippen LogP) is 2.98. The van der Waals surface area contributed by atoms with Crippen LogP contribution < -0.4 is 5.32 Å². The maximum atomic E-state index is 4.63. The molecule has 1 N–H and O–H groups in total. The topological polar surface area (TPSA) is 33.1 Å². The summed E-state index contributed by atoms with van der Waals surface area (Å²) < 4.78 is 2.11. The lowest BCUT2D eigenvalue weighted by molar-refractivity contribution is 0.194. The molecule has 1 aromatic heterocycles. The van der Waals surface area contributed by atoms with Crippen LogP contribution in [0.5, 0.6) is 0 Å². The van der Waals surface area contributed by atoms with Crippen molar-refractivity contribution in [1.82, 2.24) is 14.7 Å². The highest BCUT2D eigenvalue weighted by atomic mass is 15.3. The van der Waals surface area contributed by atoms with E-state index in [1.54, 1.807) is 0 Å². The Bertz CT molecular complexity index is 422. The second-order valence-electron chi connectivity index (χ2n) is 6.10. The number of aryl methyl sites for hydroxylation is 1. The molecule has 108 valence electrons. The van der Waals surface area contributed by atoms with Crippen LogP contribution in [0.4, 0.5) is 5.69 Å². The van der Waals surface area contributed by atoms with Gasteiger partial charge in [-0.1, -0.05) is 6.42 Å². The van der Waals surface area contributed by atoms with E-state index >= 15 is 0 Å². The fourth-order valence-electron chi connectivity index (χ4n) is 3.04. The van der Waals surface area contributed by atoms with E-state index in [1.165, 1.54) is 37.2 Å². The molecule has 0 amide bonds. The molecule has 1 aliphatic heterocycles. The van der Waals surface area contributed by atoms with Gasteiger partial charge in [0.15, 0.2) is 0 Å². The van der Waals surface area contributed by atoms with Gasteiger partial charge >= 0.3 is 0 Å². The number of hydrogen-bond acceptors (Lipinski definition) is 3. The van der Waals surface area contributed by atoms with Crippen molar-refractivity contribution in [3.05, 3.63) is 11.4 Å². The van der Waals surface area contributed by atoms with Crippen molar-refractivity contribution in [3.63, 3.8) is 0 Å². The Morgan fingerprint density at radius 3 is 2.63 bits per heavy atom. The third-order valence-electron chi connectivity index (χ3n) is 4.25. The lowest BCUT2D eigenvalue weighted by atomic mass is 10.0. The van der Waals surface area contributed by atoms with Crippen LogP contribution in [0.3, 0.4) is 0 Å². The van der Waals surface area contributed by atoms with E-state index in [2.05, 4.69) is 54.7 Å². The van der Waals surface area contributed by atoms with Gasteiger partial charge in [0.1, 0.15) is 0 Å². The highest BCUT2D eigenvalue weighted by Gasteiger charge is 2.20. The molecule has 19 heavy (non-hydrogen) atoms. The first kappa shape index (κ1) is 14.4. The zero-order valence-electron chi connectivity index (χ0n) is 13.0. The van der Waals surface area contributed by atoms with Crippen molar-refractivity contribution in [2.45, 2.75) is 59.0 Å². The molecule has 2 rings (SSSR count). The van der Waals surface area contributed by atoms with Crippen LogP contribution in [0.15, 0.2) is 0 Å². The van der Waals surface area contributed by atoms with Gasteiger partial charge in [-0.15, -0.1) is 0 Å². The minimum Gasteiger partial charge on any atom is -0.380 e. The molecule has 1 aliphatic rings. The fourth-order valence-corrected chi connectivity index (χ4v) is 3.04. The Balaban J connectivity index is 2.03. The van der Waals surface area contributed by atoms with Gasteiger partial charge in [0.05, 0.1) is 17.1 Å². The second-order valence-corrected chi connectivity index (χ2v) is 6.10. The quantitative estimate of drug-likeness (QED) is 0.907. The molecule has 0 aliphatic carbocycles. The zero-order chi connectivity index (χ0) is 14.0. The van der Waals surface area contributed by atoms with E-state index in [0.717, 1.165) is 12.2 Å². The van der Waals surface area contributed by atoms with Gasteiger partial charge in [0.25, 0.3) is 0 Å². The van der Waals surface area contributed by atoms with Crippen molar-refractivity contribution in [2.75, 3.05) is 25.5 Å². The van der Waals surface area contributed by atoms with Crippen molar-refractivity contribution < 1.29 is 0 Å². The van der Waals surface area contributed by atoms with E-state index in [0.29, 0.717) is 12.1 Å². The number of piperidine rings is 1. The number of hydrogen-bond donors (Lipinski definition) is 1. The number of likely N-dealkylation sites (N-methyl/N-ethyl adjacent to an activating group) is 1. The van der Waals surface area contributed by atoms with Gasteiger partial charge in [-0.05, 0) is 54.1 Å². The first-order valence-electron chi connectivity index (χ1n) is 7.50. The lowest BCUT2D eigenvalue weighted by Crippen LogP contribution is -2.40. The molecule has 1 saturated heterocycles. The van der Waals surface area contributed by atoms with Crippen LogP contribution in [0.25, 0.3) is 0 Å². The molecular formula is C15H28N4. The number of nitrogens with one attached hydrogen (secondary N) is 1. The smallest absolute Gasteiger partial charge is 0.0828 e. The predicted molar refractivity (Wildman–Crippen MR) is 80.8 cm³/mol. The Morgan fingerprint density at radius 2 is 2.05 bits per heavy atom. The zero-order valence-corrected chi connectivity index (χ0v) is 13.0. The summed E-state index contributed by atoms with van der Waals surface area (Å²) in [6.45, 7) is 10.9. The molecule has 0 radical (unpaired) electrons. The third-order valence-corrected chi connectivity index (χ3v) is 4.25. The first-order valence-corrected chi connectivity index (χ1v) is 7.50. The second kappa shape index (κ2) is 5.95. The summed E-state index contributed by atoms with van der Waals surface area (Å²) in [7, 11) is 2.24. The molecule has 1 unspecified atom stereocenters. The molecule has 0 spiro atoms. The third kappa shape index (κ3) is 3.11. The van der Waals surface area contributed by atoms with E-state index < -0.39 is 0 Å². The number of anilines is 1. The molecule has 0 aromatic carbocycles. The SMILES string of the molecule is Cc1nn(C(C)C)c(C)c1NCC1CCCCN1C. The van der Waals surface area contributed by atoms with Crippen LogP contribution in [0.1, 0.15) is 50.5 Å². The molecular weight excluding hydrogens is 236 g/mol. The maximum Gasteiger partial charge on any atom is 0.0828 e. The summed E-state index contributed by atoms with van der Waals surface area (Å²) in [5.74, 6) is 0. The molecule has 4 heteroatoms. The normalized spacial score (nSPS) is 21.1. The van der Waals surface area contributed by atoms with E-state index in [9.17, 15) is 0 Å². The van der Waals surface area contributed by atoms with Crippen molar-refractivity contribution in [2.24, 2.45) is 0 Å².